The van der Waals surface area contributed by atoms with Crippen molar-refractivity contribution >= 4 is 34.1 Å². The van der Waals surface area contributed by atoms with Crippen LogP contribution in [0.1, 0.15) is 35.4 Å². The van der Waals surface area contributed by atoms with E-state index in [1.54, 1.807) is 11.0 Å². The molecule has 10 heteroatoms. The Morgan fingerprint density at radius 2 is 1.97 bits per heavy atom. The molecular formula is C26H26FN7O2. The van der Waals surface area contributed by atoms with E-state index in [0.29, 0.717) is 46.5 Å². The normalized spacial score (nSPS) is 16.3. The molecule has 6 N–H and O–H groups in total. The van der Waals surface area contributed by atoms with Crippen LogP contribution < -0.4 is 16.8 Å². The minimum atomic E-state index is -0.592. The van der Waals surface area contributed by atoms with Crippen molar-refractivity contribution in [1.82, 2.24) is 19.9 Å². The van der Waals surface area contributed by atoms with Crippen LogP contribution in [0.15, 0.2) is 54.9 Å². The number of aromatic nitrogens is 3. The second-order valence-electron chi connectivity index (χ2n) is 8.86. The van der Waals surface area contributed by atoms with Crippen LogP contribution in [-0.4, -0.2) is 50.1 Å². The average Bonchev–Trinajstić information content (AvgIpc) is 3.32. The molecule has 1 aliphatic rings. The Balaban J connectivity index is 1.75. The molecule has 3 heterocycles. The topological polar surface area (TPSA) is 143 Å². The predicted octanol–water partition coefficient (Wildman–Crippen LogP) is 3.38. The lowest BCUT2D eigenvalue weighted by atomic mass is 9.91. The molecule has 2 aromatic heterocycles. The number of pyridine rings is 1. The lowest BCUT2D eigenvalue weighted by Crippen LogP contribution is -2.31. The molecule has 0 saturated carbocycles. The van der Waals surface area contributed by atoms with Gasteiger partial charge in [-0.05, 0) is 37.1 Å². The van der Waals surface area contributed by atoms with E-state index < -0.39 is 18.0 Å². The lowest BCUT2D eigenvalue weighted by molar-refractivity contribution is 0.0767. The molecule has 1 fully saturated rings. The SMILES string of the molecule is CC(Nc1ncnc(N)c1N)c1nc2ccc(F)cc2c(C(=O)N2CC[C@@H](O)C2)c1-c1ccccc1. The summed E-state index contributed by atoms with van der Waals surface area (Å²) in [5.41, 5.74) is 14.8. The van der Waals surface area contributed by atoms with Crippen molar-refractivity contribution in [2.75, 3.05) is 29.9 Å². The number of aliphatic hydroxyl groups excluding tert-OH is 1. The van der Waals surface area contributed by atoms with Gasteiger partial charge in [-0.1, -0.05) is 30.3 Å². The number of hydrogen-bond donors (Lipinski definition) is 4. The van der Waals surface area contributed by atoms with E-state index in [0.717, 1.165) is 5.56 Å². The number of anilines is 3. The number of fused-ring (bicyclic) bond motifs is 1. The van der Waals surface area contributed by atoms with Crippen molar-refractivity contribution in [3.05, 3.63) is 71.9 Å². The van der Waals surface area contributed by atoms with E-state index >= 15 is 0 Å². The third-order valence-corrected chi connectivity index (χ3v) is 6.38. The molecule has 2 atom stereocenters. The van der Waals surface area contributed by atoms with Crippen LogP contribution in [0.2, 0.25) is 0 Å². The quantitative estimate of drug-likeness (QED) is 0.335. The third kappa shape index (κ3) is 4.27. The number of β-amino-alcohol motifs (C(OH)–C–C–N with tert-alkyl or cyclic N) is 1. The van der Waals surface area contributed by atoms with Crippen LogP contribution in [0.4, 0.5) is 21.7 Å². The first kappa shape index (κ1) is 23.4. The van der Waals surface area contributed by atoms with E-state index in [-0.39, 0.29) is 24.0 Å². The fraction of sp³-hybridized carbons (Fsp3) is 0.231. The Morgan fingerprint density at radius 3 is 2.69 bits per heavy atom. The Kier molecular flexibility index (Phi) is 6.11. The second-order valence-corrected chi connectivity index (χ2v) is 8.86. The van der Waals surface area contributed by atoms with Crippen molar-refractivity contribution in [2.45, 2.75) is 25.5 Å². The van der Waals surface area contributed by atoms with E-state index in [2.05, 4.69) is 15.3 Å². The number of rotatable bonds is 5. The number of halogens is 1. The van der Waals surface area contributed by atoms with Crippen LogP contribution in [0.25, 0.3) is 22.0 Å². The summed E-state index contributed by atoms with van der Waals surface area (Å²) in [6.45, 7) is 2.50. The van der Waals surface area contributed by atoms with Crippen molar-refractivity contribution < 1.29 is 14.3 Å². The first-order valence-corrected chi connectivity index (χ1v) is 11.6. The molecule has 0 aliphatic carbocycles. The zero-order valence-electron chi connectivity index (χ0n) is 19.6. The number of benzene rings is 2. The molecule has 0 radical (unpaired) electrons. The molecule has 5 rings (SSSR count). The van der Waals surface area contributed by atoms with Gasteiger partial charge in [0.2, 0.25) is 0 Å². The van der Waals surface area contributed by atoms with Gasteiger partial charge in [0.1, 0.15) is 17.8 Å². The summed E-state index contributed by atoms with van der Waals surface area (Å²) in [5.74, 6) is -0.274. The van der Waals surface area contributed by atoms with E-state index in [1.165, 1.54) is 18.5 Å². The van der Waals surface area contributed by atoms with E-state index in [4.69, 9.17) is 16.5 Å². The number of carbonyl (C=O) groups excluding carboxylic acids is 1. The first-order valence-electron chi connectivity index (χ1n) is 11.6. The Bertz CT molecular complexity index is 1450. The summed E-state index contributed by atoms with van der Waals surface area (Å²) in [5, 5.41) is 13.7. The number of amides is 1. The largest absolute Gasteiger partial charge is 0.393 e. The van der Waals surface area contributed by atoms with Crippen LogP contribution in [-0.2, 0) is 0 Å². The number of nitrogens with one attached hydrogen (secondary N) is 1. The summed E-state index contributed by atoms with van der Waals surface area (Å²) in [6.07, 6.45) is 1.21. The second kappa shape index (κ2) is 9.38. The van der Waals surface area contributed by atoms with Crippen LogP contribution in [0.5, 0.6) is 0 Å². The molecule has 2 aromatic carbocycles. The molecule has 1 aliphatic heterocycles. The molecule has 1 unspecified atom stereocenters. The Labute approximate surface area is 207 Å². The maximum atomic E-state index is 14.4. The summed E-state index contributed by atoms with van der Waals surface area (Å²) in [4.78, 5) is 28.5. The molecular weight excluding hydrogens is 461 g/mol. The van der Waals surface area contributed by atoms with Gasteiger partial charge in [-0.3, -0.25) is 4.79 Å². The molecule has 4 aromatic rings. The standard InChI is InChI=1S/C26H26FN7O2/c1-14(32-25-22(28)24(29)30-13-31-25)23-20(15-5-3-2-4-6-15)21(26(36)34-10-9-17(35)12-34)18-11-16(27)7-8-19(18)33-23/h2-8,11,13-14,17,35H,9-10,12,28H2,1H3,(H3,29,30,31,32)/t14?,17-/m1/s1. The van der Waals surface area contributed by atoms with Crippen LogP contribution in [0.3, 0.4) is 0 Å². The first-order chi connectivity index (χ1) is 17.3. The number of nitrogen functional groups attached to an aromatic ring is 2. The number of nitrogens with zero attached hydrogens (tertiary/aromatic N) is 4. The summed E-state index contributed by atoms with van der Waals surface area (Å²) in [6, 6.07) is 13.1. The number of likely N-dealkylation sites (tertiary alicyclic amines) is 1. The van der Waals surface area contributed by atoms with Gasteiger partial charge in [-0.2, -0.15) is 0 Å². The van der Waals surface area contributed by atoms with E-state index in [1.807, 2.05) is 37.3 Å². The van der Waals surface area contributed by atoms with Gasteiger partial charge >= 0.3 is 0 Å². The van der Waals surface area contributed by atoms with Crippen LogP contribution >= 0.6 is 0 Å². The molecule has 184 valence electrons. The number of nitrogens with two attached hydrogens (primary N) is 2. The Hall–Kier alpha value is -4.31. The van der Waals surface area contributed by atoms with Gasteiger partial charge < -0.3 is 26.8 Å². The highest BCUT2D eigenvalue weighted by Gasteiger charge is 2.31. The highest BCUT2D eigenvalue weighted by molar-refractivity contribution is 6.12. The summed E-state index contributed by atoms with van der Waals surface area (Å²) < 4.78 is 14.4. The van der Waals surface area contributed by atoms with Gasteiger partial charge in [0.05, 0.1) is 28.9 Å². The molecule has 0 bridgehead atoms. The summed E-state index contributed by atoms with van der Waals surface area (Å²) >= 11 is 0. The molecule has 9 nitrogen and oxygen atoms in total. The van der Waals surface area contributed by atoms with Crippen molar-refractivity contribution in [3.63, 3.8) is 0 Å². The molecule has 0 spiro atoms. The summed E-state index contributed by atoms with van der Waals surface area (Å²) in [7, 11) is 0. The van der Waals surface area contributed by atoms with Gasteiger partial charge in [0.15, 0.2) is 11.6 Å². The van der Waals surface area contributed by atoms with Crippen molar-refractivity contribution in [3.8, 4) is 11.1 Å². The third-order valence-electron chi connectivity index (χ3n) is 6.38. The van der Waals surface area contributed by atoms with Gasteiger partial charge in [-0.15, -0.1) is 0 Å². The van der Waals surface area contributed by atoms with Gasteiger partial charge in [0.25, 0.3) is 5.91 Å². The number of carbonyl (C=O) groups is 1. The van der Waals surface area contributed by atoms with Crippen molar-refractivity contribution in [1.29, 1.82) is 0 Å². The van der Waals surface area contributed by atoms with E-state index in [9.17, 15) is 14.3 Å². The molecule has 1 saturated heterocycles. The smallest absolute Gasteiger partial charge is 0.255 e. The molecule has 1 amide bonds. The van der Waals surface area contributed by atoms with Crippen molar-refractivity contribution in [2.24, 2.45) is 0 Å². The fourth-order valence-electron chi connectivity index (χ4n) is 4.57. The predicted molar refractivity (Wildman–Crippen MR) is 137 cm³/mol. The Morgan fingerprint density at radius 1 is 1.19 bits per heavy atom. The van der Waals surface area contributed by atoms with Crippen LogP contribution in [0, 0.1) is 5.82 Å². The molecule has 36 heavy (non-hydrogen) atoms. The monoisotopic (exact) mass is 487 g/mol. The zero-order valence-corrected chi connectivity index (χ0v) is 19.6. The maximum Gasteiger partial charge on any atom is 0.255 e. The highest BCUT2D eigenvalue weighted by atomic mass is 19.1. The lowest BCUT2D eigenvalue weighted by Gasteiger charge is -2.25. The fourth-order valence-corrected chi connectivity index (χ4v) is 4.57. The minimum Gasteiger partial charge on any atom is -0.393 e. The average molecular weight is 488 g/mol. The zero-order chi connectivity index (χ0) is 25.4. The minimum absolute atomic E-state index is 0.147. The number of hydrogen-bond acceptors (Lipinski definition) is 8. The maximum absolute atomic E-state index is 14.4. The number of aliphatic hydroxyl groups is 1. The highest BCUT2D eigenvalue weighted by Crippen LogP contribution is 2.38. The van der Waals surface area contributed by atoms with Gasteiger partial charge in [-0.25, -0.2) is 19.3 Å². The van der Waals surface area contributed by atoms with Gasteiger partial charge in [0, 0.05) is 24.0 Å².